The van der Waals surface area contributed by atoms with Crippen molar-refractivity contribution in [1.82, 2.24) is 9.47 Å². The zero-order chi connectivity index (χ0) is 15.1. The second kappa shape index (κ2) is 5.50. The molecule has 2 heterocycles. The second-order valence-electron chi connectivity index (χ2n) is 5.33. The van der Waals surface area contributed by atoms with Crippen molar-refractivity contribution in [3.63, 3.8) is 0 Å². The van der Waals surface area contributed by atoms with Crippen LogP contribution in [0, 0.1) is 6.92 Å². The summed E-state index contributed by atoms with van der Waals surface area (Å²) in [5, 5.41) is 0.479. The Labute approximate surface area is 137 Å². The summed E-state index contributed by atoms with van der Waals surface area (Å²) in [7, 11) is 0. The Morgan fingerprint density at radius 2 is 2.05 bits per heavy atom. The number of hydrogen-bond acceptors (Lipinski definition) is 1. The first kappa shape index (κ1) is 14.7. The van der Waals surface area contributed by atoms with Crippen molar-refractivity contribution in [2.45, 2.75) is 26.4 Å². The number of hydrogen-bond donors (Lipinski definition) is 0. The number of nitrogens with zero attached hydrogens (tertiary/aromatic N) is 2. The lowest BCUT2D eigenvalue weighted by Gasteiger charge is -2.35. The van der Waals surface area contributed by atoms with Gasteiger partial charge in [-0.3, -0.25) is 4.79 Å². The number of halogens is 2. The second-order valence-corrected chi connectivity index (χ2v) is 6.56. The minimum atomic E-state index is -0.0149. The molecule has 1 aliphatic heterocycles. The van der Waals surface area contributed by atoms with E-state index in [0.29, 0.717) is 17.1 Å². The number of rotatable bonds is 1. The molecule has 0 saturated heterocycles. The zero-order valence-corrected chi connectivity index (χ0v) is 14.3. The molecule has 0 N–H and O–H groups in total. The van der Waals surface area contributed by atoms with Crippen molar-refractivity contribution in [2.75, 3.05) is 6.54 Å². The fourth-order valence-electron chi connectivity index (χ4n) is 2.92. The molecule has 0 saturated carbocycles. The maximum atomic E-state index is 12.8. The molecule has 0 aliphatic carbocycles. The average molecular weight is 368 g/mol. The van der Waals surface area contributed by atoms with Crippen LogP contribution in [0.4, 0.5) is 0 Å². The van der Waals surface area contributed by atoms with Crippen LogP contribution in [0.5, 0.6) is 0 Å². The van der Waals surface area contributed by atoms with Crippen LogP contribution in [0.2, 0.25) is 5.02 Å². The van der Waals surface area contributed by atoms with Gasteiger partial charge in [-0.05, 0) is 54.0 Å². The van der Waals surface area contributed by atoms with Gasteiger partial charge in [0.1, 0.15) is 0 Å². The first-order valence-electron chi connectivity index (χ1n) is 6.91. The first-order chi connectivity index (χ1) is 10.0. The highest BCUT2D eigenvalue weighted by molar-refractivity contribution is 9.10. The van der Waals surface area contributed by atoms with E-state index in [1.54, 1.807) is 6.07 Å². The molecule has 0 bridgehead atoms. The molecule has 21 heavy (non-hydrogen) atoms. The number of carbonyl (C=O) groups is 1. The molecule has 0 radical (unpaired) electrons. The zero-order valence-electron chi connectivity index (χ0n) is 11.9. The molecular formula is C16H16BrClN2O. The van der Waals surface area contributed by atoms with Crippen molar-refractivity contribution in [3.8, 4) is 0 Å². The fourth-order valence-corrected chi connectivity index (χ4v) is 3.49. The molecule has 2 aromatic rings. The lowest BCUT2D eigenvalue weighted by Crippen LogP contribution is -2.41. The number of benzene rings is 1. The summed E-state index contributed by atoms with van der Waals surface area (Å²) in [6, 6.07) is 9.71. The standard InChI is InChI=1S/C16H16BrClN2O/c1-10-6-7-14-11(2)20(9-8-19(10)14)16(21)12-4-3-5-13(17)15(12)18/h3-7,11H,8-9H2,1-2H3. The van der Waals surface area contributed by atoms with Crippen LogP contribution in [-0.4, -0.2) is 21.9 Å². The van der Waals surface area contributed by atoms with Gasteiger partial charge in [-0.25, -0.2) is 0 Å². The summed E-state index contributed by atoms with van der Waals surface area (Å²) >= 11 is 9.64. The van der Waals surface area contributed by atoms with Crippen LogP contribution in [0.3, 0.4) is 0 Å². The number of carbonyl (C=O) groups excluding carboxylic acids is 1. The third kappa shape index (κ3) is 2.40. The molecule has 1 aliphatic rings. The highest BCUT2D eigenvalue weighted by Crippen LogP contribution is 2.32. The fraction of sp³-hybridized carbons (Fsp3) is 0.312. The van der Waals surface area contributed by atoms with Gasteiger partial charge in [-0.15, -0.1) is 0 Å². The van der Waals surface area contributed by atoms with E-state index in [-0.39, 0.29) is 11.9 Å². The summed E-state index contributed by atoms with van der Waals surface area (Å²) in [6.45, 7) is 5.69. The quantitative estimate of drug-likeness (QED) is 0.732. The molecule has 3 nitrogen and oxygen atoms in total. The van der Waals surface area contributed by atoms with E-state index in [2.05, 4.69) is 46.5 Å². The van der Waals surface area contributed by atoms with E-state index in [4.69, 9.17) is 11.6 Å². The highest BCUT2D eigenvalue weighted by Gasteiger charge is 2.30. The van der Waals surface area contributed by atoms with Crippen molar-refractivity contribution in [2.24, 2.45) is 0 Å². The highest BCUT2D eigenvalue weighted by atomic mass is 79.9. The van der Waals surface area contributed by atoms with E-state index < -0.39 is 0 Å². The van der Waals surface area contributed by atoms with Gasteiger partial charge >= 0.3 is 0 Å². The third-order valence-electron chi connectivity index (χ3n) is 4.14. The third-order valence-corrected chi connectivity index (χ3v) is 5.43. The number of amides is 1. The lowest BCUT2D eigenvalue weighted by molar-refractivity contribution is 0.0643. The van der Waals surface area contributed by atoms with Gasteiger partial charge in [0.05, 0.1) is 16.6 Å². The van der Waals surface area contributed by atoms with Crippen molar-refractivity contribution in [3.05, 3.63) is 56.8 Å². The van der Waals surface area contributed by atoms with Crippen LogP contribution in [0.1, 0.15) is 34.7 Å². The number of aryl methyl sites for hydroxylation is 1. The average Bonchev–Trinajstić information content (AvgIpc) is 2.84. The van der Waals surface area contributed by atoms with Crippen molar-refractivity contribution in [1.29, 1.82) is 0 Å². The molecular weight excluding hydrogens is 352 g/mol. The first-order valence-corrected chi connectivity index (χ1v) is 8.09. The number of fused-ring (bicyclic) bond motifs is 1. The van der Waals surface area contributed by atoms with Gasteiger partial charge in [0.25, 0.3) is 5.91 Å². The summed E-state index contributed by atoms with van der Waals surface area (Å²) in [4.78, 5) is 14.7. The molecule has 5 heteroatoms. The molecule has 0 spiro atoms. The molecule has 3 rings (SSSR count). The summed E-state index contributed by atoms with van der Waals surface area (Å²) in [6.07, 6.45) is 0. The van der Waals surface area contributed by atoms with Crippen molar-refractivity contribution < 1.29 is 4.79 Å². The minimum absolute atomic E-state index is 0.0149. The Hall–Kier alpha value is -1.26. The smallest absolute Gasteiger partial charge is 0.256 e. The lowest BCUT2D eigenvalue weighted by atomic mass is 10.1. The van der Waals surface area contributed by atoms with Crippen LogP contribution in [0.15, 0.2) is 34.8 Å². The van der Waals surface area contributed by atoms with E-state index in [9.17, 15) is 4.79 Å². The van der Waals surface area contributed by atoms with Gasteiger partial charge in [0.2, 0.25) is 0 Å². The van der Waals surface area contributed by atoms with Gasteiger partial charge in [-0.2, -0.15) is 0 Å². The molecule has 110 valence electrons. The Kier molecular flexibility index (Phi) is 3.84. The molecule has 1 aromatic carbocycles. The monoisotopic (exact) mass is 366 g/mol. The summed E-state index contributed by atoms with van der Waals surface area (Å²) in [5.74, 6) is -0.0149. The minimum Gasteiger partial charge on any atom is -0.345 e. The molecule has 1 aromatic heterocycles. The Morgan fingerprint density at radius 3 is 2.81 bits per heavy atom. The Bertz CT molecular complexity index is 710. The van der Waals surface area contributed by atoms with Gasteiger partial charge in [-0.1, -0.05) is 17.7 Å². The maximum absolute atomic E-state index is 12.8. The Balaban J connectivity index is 1.95. The van der Waals surface area contributed by atoms with E-state index in [1.165, 1.54) is 11.4 Å². The van der Waals surface area contributed by atoms with Crippen LogP contribution < -0.4 is 0 Å². The predicted molar refractivity (Wildman–Crippen MR) is 87.8 cm³/mol. The SMILES string of the molecule is Cc1ccc2n1CCN(C(=O)c1cccc(Br)c1Cl)C2C. The van der Waals surface area contributed by atoms with Gasteiger partial charge < -0.3 is 9.47 Å². The van der Waals surface area contributed by atoms with E-state index >= 15 is 0 Å². The largest absolute Gasteiger partial charge is 0.345 e. The summed E-state index contributed by atoms with van der Waals surface area (Å²) < 4.78 is 3.02. The topological polar surface area (TPSA) is 25.2 Å². The van der Waals surface area contributed by atoms with Crippen LogP contribution in [-0.2, 0) is 6.54 Å². The normalized spacial score (nSPS) is 17.7. The predicted octanol–water partition coefficient (Wildman–Crippen LogP) is 4.43. The van der Waals surface area contributed by atoms with E-state index in [1.807, 2.05) is 17.0 Å². The van der Waals surface area contributed by atoms with Crippen molar-refractivity contribution >= 4 is 33.4 Å². The number of aromatic nitrogens is 1. The molecule has 1 atom stereocenters. The van der Waals surface area contributed by atoms with Gasteiger partial charge in [0, 0.05) is 29.0 Å². The van der Waals surface area contributed by atoms with Gasteiger partial charge in [0.15, 0.2) is 0 Å². The molecule has 0 fully saturated rings. The maximum Gasteiger partial charge on any atom is 0.256 e. The molecule has 1 unspecified atom stereocenters. The van der Waals surface area contributed by atoms with Crippen LogP contribution in [0.25, 0.3) is 0 Å². The summed E-state index contributed by atoms with van der Waals surface area (Å²) in [5.41, 5.74) is 2.97. The Morgan fingerprint density at radius 1 is 1.29 bits per heavy atom. The van der Waals surface area contributed by atoms with E-state index in [0.717, 1.165) is 11.0 Å². The molecule has 1 amide bonds. The van der Waals surface area contributed by atoms with Crippen LogP contribution >= 0.6 is 27.5 Å².